The molecule has 21 heavy (non-hydrogen) atoms. The van der Waals surface area contributed by atoms with Gasteiger partial charge in [-0.3, -0.25) is 0 Å². The lowest BCUT2D eigenvalue weighted by atomic mass is 9.87. The average molecular weight is 289 g/mol. The van der Waals surface area contributed by atoms with Crippen molar-refractivity contribution < 1.29 is 4.79 Å². The van der Waals surface area contributed by atoms with Crippen LogP contribution in [0.25, 0.3) is 0 Å². The molecule has 1 fully saturated rings. The molecule has 0 spiro atoms. The Labute approximate surface area is 127 Å². The summed E-state index contributed by atoms with van der Waals surface area (Å²) in [5.74, 6) is 0. The van der Waals surface area contributed by atoms with E-state index in [-0.39, 0.29) is 23.5 Å². The molecule has 1 aliphatic carbocycles. The predicted molar refractivity (Wildman–Crippen MR) is 87.5 cm³/mol. The molecule has 2 rings (SSSR count). The summed E-state index contributed by atoms with van der Waals surface area (Å²) < 4.78 is 0. The zero-order valence-electron chi connectivity index (χ0n) is 13.5. The summed E-state index contributed by atoms with van der Waals surface area (Å²) in [4.78, 5) is 12.2. The van der Waals surface area contributed by atoms with E-state index in [1.165, 1.54) is 12.8 Å². The molecule has 0 aliphatic heterocycles. The summed E-state index contributed by atoms with van der Waals surface area (Å²) in [6.07, 6.45) is 3.43. The van der Waals surface area contributed by atoms with Crippen molar-refractivity contribution in [3.63, 3.8) is 0 Å². The molecule has 1 aromatic carbocycles. The number of urea groups is 1. The number of benzene rings is 1. The van der Waals surface area contributed by atoms with E-state index in [0.29, 0.717) is 0 Å². The highest BCUT2D eigenvalue weighted by molar-refractivity contribution is 5.89. The molecule has 0 saturated heterocycles. The van der Waals surface area contributed by atoms with E-state index < -0.39 is 0 Å². The van der Waals surface area contributed by atoms with Gasteiger partial charge in [-0.2, -0.15) is 0 Å². The number of anilines is 1. The van der Waals surface area contributed by atoms with E-state index >= 15 is 0 Å². The summed E-state index contributed by atoms with van der Waals surface area (Å²) in [5.41, 5.74) is 2.19. The molecule has 1 saturated carbocycles. The van der Waals surface area contributed by atoms with E-state index in [1.807, 2.05) is 25.2 Å². The number of hydrogen-bond donors (Lipinski definition) is 3. The van der Waals surface area contributed by atoms with Gasteiger partial charge in [0.1, 0.15) is 0 Å². The lowest BCUT2D eigenvalue weighted by Crippen LogP contribution is -2.43. The highest BCUT2D eigenvalue weighted by Gasteiger charge is 2.35. The first-order valence-corrected chi connectivity index (χ1v) is 7.77. The largest absolute Gasteiger partial charge is 0.335 e. The van der Waals surface area contributed by atoms with E-state index in [4.69, 9.17) is 0 Å². The zero-order chi connectivity index (χ0) is 15.5. The molecule has 2 unspecified atom stereocenters. The SMILES string of the molecule is CNC(C)c1cccc(NC(=O)NC2CCCC2(C)C)c1. The third kappa shape index (κ3) is 3.97. The van der Waals surface area contributed by atoms with Gasteiger partial charge in [-0.1, -0.05) is 32.4 Å². The number of amides is 2. The minimum atomic E-state index is -0.107. The van der Waals surface area contributed by atoms with Gasteiger partial charge in [-0.15, -0.1) is 0 Å². The second-order valence-corrected chi connectivity index (χ2v) is 6.67. The van der Waals surface area contributed by atoms with Gasteiger partial charge in [0.25, 0.3) is 0 Å². The molecule has 0 heterocycles. The van der Waals surface area contributed by atoms with Crippen molar-refractivity contribution in [2.45, 2.75) is 52.1 Å². The Morgan fingerprint density at radius 1 is 1.38 bits per heavy atom. The Hall–Kier alpha value is -1.55. The molecule has 0 bridgehead atoms. The molecule has 1 aromatic rings. The Bertz CT molecular complexity index is 499. The van der Waals surface area contributed by atoms with Crippen LogP contribution in [0, 0.1) is 5.41 Å². The third-order valence-corrected chi connectivity index (χ3v) is 4.64. The monoisotopic (exact) mass is 289 g/mol. The standard InChI is InChI=1S/C17H27N3O/c1-12(18-4)13-7-5-8-14(11-13)19-16(21)20-15-9-6-10-17(15,2)3/h5,7-8,11-12,15,18H,6,9-10H2,1-4H3,(H2,19,20,21). The van der Waals surface area contributed by atoms with Crippen LogP contribution in [0.1, 0.15) is 51.6 Å². The normalized spacial score (nSPS) is 21.8. The maximum Gasteiger partial charge on any atom is 0.319 e. The summed E-state index contributed by atoms with van der Waals surface area (Å²) >= 11 is 0. The summed E-state index contributed by atoms with van der Waals surface area (Å²) in [6, 6.07) is 8.39. The number of carbonyl (C=O) groups excluding carboxylic acids is 1. The lowest BCUT2D eigenvalue weighted by Gasteiger charge is -2.27. The molecular formula is C17H27N3O. The lowest BCUT2D eigenvalue weighted by molar-refractivity contribution is 0.233. The van der Waals surface area contributed by atoms with Crippen LogP contribution in [0.2, 0.25) is 0 Å². The van der Waals surface area contributed by atoms with Crippen LogP contribution in [-0.2, 0) is 0 Å². The number of hydrogen-bond acceptors (Lipinski definition) is 2. The topological polar surface area (TPSA) is 53.2 Å². The molecule has 1 aliphatic rings. The molecular weight excluding hydrogens is 262 g/mol. The molecule has 2 atom stereocenters. The Balaban J connectivity index is 1.97. The summed E-state index contributed by atoms with van der Waals surface area (Å²) in [5, 5.41) is 9.27. The van der Waals surface area contributed by atoms with Crippen molar-refractivity contribution in [2.75, 3.05) is 12.4 Å². The smallest absolute Gasteiger partial charge is 0.319 e. The maximum absolute atomic E-state index is 12.2. The van der Waals surface area contributed by atoms with Gasteiger partial charge >= 0.3 is 6.03 Å². The number of carbonyl (C=O) groups is 1. The fraction of sp³-hybridized carbons (Fsp3) is 0.588. The van der Waals surface area contributed by atoms with Crippen molar-refractivity contribution in [3.05, 3.63) is 29.8 Å². The Morgan fingerprint density at radius 3 is 2.76 bits per heavy atom. The molecule has 3 N–H and O–H groups in total. The molecule has 0 aromatic heterocycles. The van der Waals surface area contributed by atoms with Crippen LogP contribution in [0.4, 0.5) is 10.5 Å². The van der Waals surface area contributed by atoms with E-state index in [1.54, 1.807) is 0 Å². The first-order chi connectivity index (χ1) is 9.92. The first kappa shape index (κ1) is 15.8. The fourth-order valence-electron chi connectivity index (χ4n) is 2.97. The van der Waals surface area contributed by atoms with E-state index in [0.717, 1.165) is 17.7 Å². The summed E-state index contributed by atoms with van der Waals surface area (Å²) in [6.45, 7) is 6.54. The van der Waals surface area contributed by atoms with Gasteiger partial charge in [0.05, 0.1) is 0 Å². The van der Waals surface area contributed by atoms with Gasteiger partial charge in [-0.05, 0) is 49.9 Å². The zero-order valence-corrected chi connectivity index (χ0v) is 13.5. The third-order valence-electron chi connectivity index (χ3n) is 4.64. The highest BCUT2D eigenvalue weighted by Crippen LogP contribution is 2.37. The predicted octanol–water partition coefficient (Wildman–Crippen LogP) is 3.67. The molecule has 4 nitrogen and oxygen atoms in total. The van der Waals surface area contributed by atoms with Gasteiger partial charge < -0.3 is 16.0 Å². The number of rotatable bonds is 4. The van der Waals surface area contributed by atoms with Crippen molar-refractivity contribution in [2.24, 2.45) is 5.41 Å². The second-order valence-electron chi connectivity index (χ2n) is 6.67. The van der Waals surface area contributed by atoms with Crippen LogP contribution >= 0.6 is 0 Å². The van der Waals surface area contributed by atoms with Crippen LogP contribution < -0.4 is 16.0 Å². The fourth-order valence-corrected chi connectivity index (χ4v) is 2.97. The van der Waals surface area contributed by atoms with Crippen LogP contribution in [0.3, 0.4) is 0 Å². The molecule has 4 heteroatoms. The minimum absolute atomic E-state index is 0.107. The van der Waals surface area contributed by atoms with Crippen LogP contribution in [0.15, 0.2) is 24.3 Å². The van der Waals surface area contributed by atoms with Crippen LogP contribution in [0.5, 0.6) is 0 Å². The van der Waals surface area contributed by atoms with E-state index in [2.05, 4.69) is 42.8 Å². The van der Waals surface area contributed by atoms with Gasteiger partial charge in [-0.25, -0.2) is 4.79 Å². The quantitative estimate of drug-likeness (QED) is 0.792. The second kappa shape index (κ2) is 6.48. The summed E-state index contributed by atoms with van der Waals surface area (Å²) in [7, 11) is 1.93. The highest BCUT2D eigenvalue weighted by atomic mass is 16.2. The first-order valence-electron chi connectivity index (χ1n) is 7.77. The van der Waals surface area contributed by atoms with Crippen molar-refractivity contribution in [1.29, 1.82) is 0 Å². The van der Waals surface area contributed by atoms with Crippen molar-refractivity contribution >= 4 is 11.7 Å². The van der Waals surface area contributed by atoms with Crippen molar-refractivity contribution in [1.82, 2.24) is 10.6 Å². The molecule has 116 valence electrons. The molecule has 0 radical (unpaired) electrons. The number of nitrogens with one attached hydrogen (secondary N) is 3. The Morgan fingerprint density at radius 2 is 2.14 bits per heavy atom. The van der Waals surface area contributed by atoms with Gasteiger partial charge in [0.2, 0.25) is 0 Å². The maximum atomic E-state index is 12.2. The van der Waals surface area contributed by atoms with Crippen LogP contribution in [-0.4, -0.2) is 19.1 Å². The Kier molecular flexibility index (Phi) is 4.88. The van der Waals surface area contributed by atoms with Crippen molar-refractivity contribution in [3.8, 4) is 0 Å². The van der Waals surface area contributed by atoms with Gasteiger partial charge in [0, 0.05) is 17.8 Å². The molecule has 2 amide bonds. The average Bonchev–Trinajstić information content (AvgIpc) is 2.77. The van der Waals surface area contributed by atoms with Gasteiger partial charge in [0.15, 0.2) is 0 Å². The van der Waals surface area contributed by atoms with E-state index in [9.17, 15) is 4.79 Å². The minimum Gasteiger partial charge on any atom is -0.335 e.